The summed E-state index contributed by atoms with van der Waals surface area (Å²) >= 11 is 0. The van der Waals surface area contributed by atoms with E-state index in [1.165, 1.54) is 0 Å². The minimum atomic E-state index is 0.108. The lowest BCUT2D eigenvalue weighted by Crippen LogP contribution is -1.99. The van der Waals surface area contributed by atoms with Crippen molar-refractivity contribution >= 4 is 5.69 Å². The Labute approximate surface area is 71.8 Å². The molecule has 3 nitrogen and oxygen atoms in total. The van der Waals surface area contributed by atoms with Gasteiger partial charge in [0.25, 0.3) is 0 Å². The van der Waals surface area contributed by atoms with Crippen molar-refractivity contribution in [2.75, 3.05) is 19.5 Å². The lowest BCUT2D eigenvalue weighted by molar-refractivity contribution is 0.299. The van der Waals surface area contributed by atoms with Crippen LogP contribution in [0.2, 0.25) is 0 Å². The topological polar surface area (TPSA) is 55.5 Å². The largest absolute Gasteiger partial charge is 0.495 e. The predicted octanol–water partition coefficient (Wildman–Crippen LogP) is 0.812. The average Bonchev–Trinajstić information content (AvgIpc) is 2.09. The van der Waals surface area contributed by atoms with Crippen LogP contribution in [0.5, 0.6) is 5.75 Å². The van der Waals surface area contributed by atoms with Crippen molar-refractivity contribution in [1.29, 1.82) is 0 Å². The third-order valence-electron chi connectivity index (χ3n) is 1.76. The highest BCUT2D eigenvalue weighted by molar-refractivity contribution is 5.58. The van der Waals surface area contributed by atoms with Gasteiger partial charge in [-0.15, -0.1) is 0 Å². The highest BCUT2D eigenvalue weighted by Crippen LogP contribution is 2.24. The van der Waals surface area contributed by atoms with Gasteiger partial charge in [-0.05, 0) is 18.1 Å². The zero-order valence-electron chi connectivity index (χ0n) is 7.08. The second-order valence-electron chi connectivity index (χ2n) is 2.51. The van der Waals surface area contributed by atoms with Crippen LogP contribution >= 0.6 is 0 Å². The van der Waals surface area contributed by atoms with Crippen molar-refractivity contribution in [2.24, 2.45) is 0 Å². The minimum absolute atomic E-state index is 0.108. The van der Waals surface area contributed by atoms with Gasteiger partial charge in [0.2, 0.25) is 0 Å². The summed E-state index contributed by atoms with van der Waals surface area (Å²) in [5, 5.41) is 8.71. The maximum atomic E-state index is 8.71. The molecule has 0 aliphatic carbocycles. The van der Waals surface area contributed by atoms with Gasteiger partial charge in [0.05, 0.1) is 12.8 Å². The molecule has 0 aliphatic heterocycles. The van der Waals surface area contributed by atoms with E-state index in [0.717, 1.165) is 5.56 Å². The van der Waals surface area contributed by atoms with E-state index in [1.54, 1.807) is 13.2 Å². The molecule has 3 N–H and O–H groups in total. The van der Waals surface area contributed by atoms with Crippen molar-refractivity contribution in [2.45, 2.75) is 6.42 Å². The Morgan fingerprint density at radius 1 is 1.50 bits per heavy atom. The highest BCUT2D eigenvalue weighted by atomic mass is 16.5. The molecule has 12 heavy (non-hydrogen) atoms. The molecule has 3 heteroatoms. The van der Waals surface area contributed by atoms with Crippen molar-refractivity contribution in [3.8, 4) is 5.75 Å². The molecule has 0 aromatic heterocycles. The molecule has 0 aliphatic rings. The normalized spacial score (nSPS) is 9.83. The van der Waals surface area contributed by atoms with E-state index in [9.17, 15) is 0 Å². The van der Waals surface area contributed by atoms with E-state index < -0.39 is 0 Å². The number of rotatable bonds is 3. The van der Waals surface area contributed by atoms with Gasteiger partial charge in [-0.1, -0.05) is 12.1 Å². The summed E-state index contributed by atoms with van der Waals surface area (Å²) in [5.74, 6) is 0.668. The SMILES string of the molecule is COc1cccc(CCO)c1N. The molecule has 0 saturated carbocycles. The summed E-state index contributed by atoms with van der Waals surface area (Å²) in [6, 6.07) is 5.55. The van der Waals surface area contributed by atoms with Crippen LogP contribution in [0.1, 0.15) is 5.56 Å². The van der Waals surface area contributed by atoms with Crippen molar-refractivity contribution in [3.05, 3.63) is 23.8 Å². The monoisotopic (exact) mass is 167 g/mol. The predicted molar refractivity (Wildman–Crippen MR) is 48.2 cm³/mol. The fraction of sp³-hybridized carbons (Fsp3) is 0.333. The van der Waals surface area contributed by atoms with Gasteiger partial charge in [-0.3, -0.25) is 0 Å². The number of hydrogen-bond acceptors (Lipinski definition) is 3. The number of benzene rings is 1. The van der Waals surface area contributed by atoms with E-state index in [0.29, 0.717) is 17.9 Å². The van der Waals surface area contributed by atoms with Crippen molar-refractivity contribution < 1.29 is 9.84 Å². The molecule has 0 atom stereocenters. The van der Waals surface area contributed by atoms with Crippen molar-refractivity contribution in [1.82, 2.24) is 0 Å². The van der Waals surface area contributed by atoms with Gasteiger partial charge in [-0.2, -0.15) is 0 Å². The van der Waals surface area contributed by atoms with Gasteiger partial charge in [0.1, 0.15) is 5.75 Å². The molecular formula is C9H13NO2. The number of methoxy groups -OCH3 is 1. The summed E-state index contributed by atoms with van der Waals surface area (Å²) in [6.45, 7) is 0.108. The number of anilines is 1. The molecule has 1 rings (SSSR count). The number of aliphatic hydroxyl groups excluding tert-OH is 1. The Hall–Kier alpha value is -1.22. The van der Waals surface area contributed by atoms with Gasteiger partial charge >= 0.3 is 0 Å². The first kappa shape index (κ1) is 8.87. The molecule has 0 heterocycles. The van der Waals surface area contributed by atoms with E-state index in [1.807, 2.05) is 12.1 Å². The number of para-hydroxylation sites is 1. The number of hydrogen-bond donors (Lipinski definition) is 2. The molecule has 0 bridgehead atoms. The van der Waals surface area contributed by atoms with Crippen LogP contribution < -0.4 is 10.5 Å². The third kappa shape index (κ3) is 1.68. The summed E-state index contributed by atoms with van der Waals surface area (Å²) in [7, 11) is 1.58. The molecule has 0 spiro atoms. The number of nitrogen functional groups attached to an aromatic ring is 1. The van der Waals surface area contributed by atoms with Crippen LogP contribution in [0.4, 0.5) is 5.69 Å². The Bertz CT molecular complexity index is 261. The van der Waals surface area contributed by atoms with Crippen LogP contribution in [0.3, 0.4) is 0 Å². The summed E-state index contributed by atoms with van der Waals surface area (Å²) < 4.78 is 5.03. The van der Waals surface area contributed by atoms with Crippen LogP contribution in [-0.4, -0.2) is 18.8 Å². The lowest BCUT2D eigenvalue weighted by Gasteiger charge is -2.08. The van der Waals surface area contributed by atoms with E-state index >= 15 is 0 Å². The van der Waals surface area contributed by atoms with Gasteiger partial charge in [0.15, 0.2) is 0 Å². The Morgan fingerprint density at radius 2 is 2.25 bits per heavy atom. The molecule has 0 saturated heterocycles. The first-order valence-corrected chi connectivity index (χ1v) is 3.81. The van der Waals surface area contributed by atoms with E-state index in [2.05, 4.69) is 0 Å². The Balaban J connectivity index is 2.97. The van der Waals surface area contributed by atoms with Crippen LogP contribution in [0.25, 0.3) is 0 Å². The van der Waals surface area contributed by atoms with Gasteiger partial charge < -0.3 is 15.6 Å². The quantitative estimate of drug-likeness (QED) is 0.655. The molecule has 0 unspecified atom stereocenters. The third-order valence-corrected chi connectivity index (χ3v) is 1.76. The average molecular weight is 167 g/mol. The second-order valence-corrected chi connectivity index (χ2v) is 2.51. The lowest BCUT2D eigenvalue weighted by atomic mass is 10.1. The standard InChI is InChI=1S/C9H13NO2/c1-12-8-4-2-3-7(5-6-11)9(8)10/h2-4,11H,5-6,10H2,1H3. The zero-order valence-corrected chi connectivity index (χ0v) is 7.08. The summed E-state index contributed by atoms with van der Waals surface area (Å²) in [5.41, 5.74) is 7.29. The fourth-order valence-corrected chi connectivity index (χ4v) is 1.11. The van der Waals surface area contributed by atoms with Crippen LogP contribution in [0, 0.1) is 0 Å². The van der Waals surface area contributed by atoms with Gasteiger partial charge in [0, 0.05) is 6.61 Å². The van der Waals surface area contributed by atoms with Gasteiger partial charge in [-0.25, -0.2) is 0 Å². The molecule has 66 valence electrons. The smallest absolute Gasteiger partial charge is 0.142 e. The first-order valence-electron chi connectivity index (χ1n) is 3.81. The zero-order chi connectivity index (χ0) is 8.97. The highest BCUT2D eigenvalue weighted by Gasteiger charge is 2.03. The summed E-state index contributed by atoms with van der Waals surface area (Å²) in [6.07, 6.45) is 0.572. The molecule has 0 radical (unpaired) electrons. The maximum Gasteiger partial charge on any atom is 0.142 e. The van der Waals surface area contributed by atoms with Crippen molar-refractivity contribution in [3.63, 3.8) is 0 Å². The molecule has 1 aromatic rings. The second kappa shape index (κ2) is 3.97. The minimum Gasteiger partial charge on any atom is -0.495 e. The number of ether oxygens (including phenoxy) is 1. The molecular weight excluding hydrogens is 154 g/mol. The first-order chi connectivity index (χ1) is 5.79. The molecule has 0 amide bonds. The molecule has 1 aromatic carbocycles. The Morgan fingerprint density at radius 3 is 2.83 bits per heavy atom. The fourth-order valence-electron chi connectivity index (χ4n) is 1.11. The maximum absolute atomic E-state index is 8.71. The van der Waals surface area contributed by atoms with E-state index in [4.69, 9.17) is 15.6 Å². The number of aliphatic hydroxyl groups is 1. The number of nitrogens with two attached hydrogens (primary N) is 1. The summed E-state index contributed by atoms with van der Waals surface area (Å²) in [4.78, 5) is 0. The Kier molecular flexibility index (Phi) is 2.94. The van der Waals surface area contributed by atoms with E-state index in [-0.39, 0.29) is 6.61 Å². The van der Waals surface area contributed by atoms with Crippen LogP contribution in [0.15, 0.2) is 18.2 Å². The van der Waals surface area contributed by atoms with Crippen LogP contribution in [-0.2, 0) is 6.42 Å². The molecule has 0 fully saturated rings.